The fourth-order valence-electron chi connectivity index (χ4n) is 2.64. The summed E-state index contributed by atoms with van der Waals surface area (Å²) in [6.45, 7) is 5.10. The molecule has 1 aromatic carbocycles. The Morgan fingerprint density at radius 2 is 2.14 bits per heavy atom. The molecule has 0 bridgehead atoms. The van der Waals surface area contributed by atoms with Crippen molar-refractivity contribution in [3.8, 4) is 0 Å². The van der Waals surface area contributed by atoms with Crippen LogP contribution in [0.25, 0.3) is 10.9 Å². The average Bonchev–Trinajstić information content (AvgIpc) is 2.96. The molecule has 5 heteroatoms. The van der Waals surface area contributed by atoms with Crippen molar-refractivity contribution in [2.75, 3.05) is 39.4 Å². The summed E-state index contributed by atoms with van der Waals surface area (Å²) in [5.41, 5.74) is 2.15. The van der Waals surface area contributed by atoms with E-state index in [-0.39, 0.29) is 5.91 Å². The second-order valence-electron chi connectivity index (χ2n) is 5.38. The number of aromatic nitrogens is 1. The highest BCUT2D eigenvalue weighted by Crippen LogP contribution is 2.14. The fraction of sp³-hybridized carbons (Fsp3) is 0.438. The summed E-state index contributed by atoms with van der Waals surface area (Å²) in [4.78, 5) is 17.4. The van der Waals surface area contributed by atoms with Gasteiger partial charge in [-0.3, -0.25) is 9.69 Å². The molecule has 5 nitrogen and oxygen atoms in total. The molecule has 2 N–H and O–H groups in total. The highest BCUT2D eigenvalue weighted by Gasteiger charge is 2.10. The third kappa shape index (κ3) is 3.83. The molecule has 0 radical (unpaired) electrons. The molecule has 1 aliphatic rings. The Morgan fingerprint density at radius 3 is 3.00 bits per heavy atom. The SMILES string of the molecule is O=C(Cc1ccc2[nH]ccc2c1)NCCN1CCOCC1. The van der Waals surface area contributed by atoms with Crippen LogP contribution in [-0.4, -0.2) is 55.2 Å². The van der Waals surface area contributed by atoms with Gasteiger partial charge in [-0.2, -0.15) is 0 Å². The van der Waals surface area contributed by atoms with Crippen LogP contribution in [0.4, 0.5) is 0 Å². The third-order valence-electron chi connectivity index (χ3n) is 3.84. The summed E-state index contributed by atoms with van der Waals surface area (Å²) in [5.74, 6) is 0.0816. The first-order valence-electron chi connectivity index (χ1n) is 7.44. The van der Waals surface area contributed by atoms with Crippen LogP contribution in [0.15, 0.2) is 30.5 Å². The van der Waals surface area contributed by atoms with Crippen molar-refractivity contribution >= 4 is 16.8 Å². The maximum absolute atomic E-state index is 12.0. The minimum atomic E-state index is 0.0816. The standard InChI is InChI=1S/C16H21N3O2/c20-16(18-5-6-19-7-9-21-10-8-19)12-13-1-2-15-14(11-13)3-4-17-15/h1-4,11,17H,5-10,12H2,(H,18,20). The lowest BCUT2D eigenvalue weighted by Gasteiger charge is -2.26. The summed E-state index contributed by atoms with van der Waals surface area (Å²) in [7, 11) is 0. The Labute approximate surface area is 124 Å². The first-order chi connectivity index (χ1) is 10.3. The predicted molar refractivity (Wildman–Crippen MR) is 82.3 cm³/mol. The summed E-state index contributed by atoms with van der Waals surface area (Å²) in [6.07, 6.45) is 2.35. The van der Waals surface area contributed by atoms with Crippen LogP contribution in [0.2, 0.25) is 0 Å². The van der Waals surface area contributed by atoms with Crippen LogP contribution < -0.4 is 5.32 Å². The molecule has 1 amide bonds. The molecule has 0 atom stereocenters. The second kappa shape index (κ2) is 6.74. The van der Waals surface area contributed by atoms with Gasteiger partial charge in [-0.15, -0.1) is 0 Å². The minimum absolute atomic E-state index is 0.0816. The van der Waals surface area contributed by atoms with Crippen molar-refractivity contribution in [1.82, 2.24) is 15.2 Å². The number of carbonyl (C=O) groups excluding carboxylic acids is 1. The van der Waals surface area contributed by atoms with Gasteiger partial charge in [0, 0.05) is 37.9 Å². The molecule has 1 saturated heterocycles. The normalized spacial score (nSPS) is 16.2. The number of nitrogens with zero attached hydrogens (tertiary/aromatic N) is 1. The van der Waals surface area contributed by atoms with Crippen molar-refractivity contribution in [2.24, 2.45) is 0 Å². The number of H-pyrrole nitrogens is 1. The van der Waals surface area contributed by atoms with Crippen LogP contribution in [0, 0.1) is 0 Å². The maximum Gasteiger partial charge on any atom is 0.224 e. The number of nitrogens with one attached hydrogen (secondary N) is 2. The van der Waals surface area contributed by atoms with Gasteiger partial charge in [-0.05, 0) is 29.1 Å². The zero-order chi connectivity index (χ0) is 14.5. The van der Waals surface area contributed by atoms with Gasteiger partial charge >= 0.3 is 0 Å². The monoisotopic (exact) mass is 287 g/mol. The number of amides is 1. The van der Waals surface area contributed by atoms with Gasteiger partial charge < -0.3 is 15.0 Å². The van der Waals surface area contributed by atoms with E-state index in [0.29, 0.717) is 13.0 Å². The third-order valence-corrected chi connectivity index (χ3v) is 3.84. The van der Waals surface area contributed by atoms with Gasteiger partial charge in [0.15, 0.2) is 0 Å². The molecule has 1 aromatic heterocycles. The number of hydrogen-bond acceptors (Lipinski definition) is 3. The van der Waals surface area contributed by atoms with Gasteiger partial charge in [-0.1, -0.05) is 6.07 Å². The lowest BCUT2D eigenvalue weighted by Crippen LogP contribution is -2.41. The molecule has 1 fully saturated rings. The molecular formula is C16H21N3O2. The van der Waals surface area contributed by atoms with E-state index < -0.39 is 0 Å². The molecular weight excluding hydrogens is 266 g/mol. The summed E-state index contributed by atoms with van der Waals surface area (Å²) >= 11 is 0. The molecule has 2 aromatic rings. The summed E-state index contributed by atoms with van der Waals surface area (Å²) in [5, 5.41) is 4.14. The van der Waals surface area contributed by atoms with E-state index in [4.69, 9.17) is 4.74 Å². The Hall–Kier alpha value is -1.85. The predicted octanol–water partition coefficient (Wildman–Crippen LogP) is 1.16. The largest absolute Gasteiger partial charge is 0.379 e. The van der Waals surface area contributed by atoms with Crippen LogP contribution in [-0.2, 0) is 16.0 Å². The quantitative estimate of drug-likeness (QED) is 0.867. The Balaban J connectivity index is 1.44. The highest BCUT2D eigenvalue weighted by molar-refractivity contribution is 5.83. The van der Waals surface area contributed by atoms with Crippen molar-refractivity contribution in [3.05, 3.63) is 36.0 Å². The first kappa shape index (κ1) is 14.1. The van der Waals surface area contributed by atoms with Crippen LogP contribution in [0.3, 0.4) is 0 Å². The first-order valence-corrected chi connectivity index (χ1v) is 7.44. The zero-order valence-corrected chi connectivity index (χ0v) is 12.1. The van der Waals surface area contributed by atoms with E-state index >= 15 is 0 Å². The van der Waals surface area contributed by atoms with E-state index in [1.165, 1.54) is 0 Å². The smallest absolute Gasteiger partial charge is 0.224 e. The second-order valence-corrected chi connectivity index (χ2v) is 5.38. The van der Waals surface area contributed by atoms with Crippen molar-refractivity contribution < 1.29 is 9.53 Å². The Kier molecular flexibility index (Phi) is 4.52. The number of morpholine rings is 1. The Morgan fingerprint density at radius 1 is 1.29 bits per heavy atom. The van der Waals surface area contributed by atoms with Crippen LogP contribution in [0.5, 0.6) is 0 Å². The number of benzene rings is 1. The van der Waals surface area contributed by atoms with Crippen LogP contribution >= 0.6 is 0 Å². The number of fused-ring (bicyclic) bond motifs is 1. The number of ether oxygens (including phenoxy) is 1. The van der Waals surface area contributed by atoms with Crippen molar-refractivity contribution in [3.63, 3.8) is 0 Å². The lowest BCUT2D eigenvalue weighted by molar-refractivity contribution is -0.120. The van der Waals surface area contributed by atoms with Crippen molar-refractivity contribution in [2.45, 2.75) is 6.42 Å². The van der Waals surface area contributed by atoms with E-state index in [9.17, 15) is 4.79 Å². The number of rotatable bonds is 5. The molecule has 0 spiro atoms. The van der Waals surface area contributed by atoms with Crippen molar-refractivity contribution in [1.29, 1.82) is 0 Å². The van der Waals surface area contributed by atoms with Gasteiger partial charge in [-0.25, -0.2) is 0 Å². The molecule has 3 rings (SSSR count). The van der Waals surface area contributed by atoms with Gasteiger partial charge in [0.25, 0.3) is 0 Å². The molecule has 0 unspecified atom stereocenters. The number of aromatic amines is 1. The topological polar surface area (TPSA) is 57.4 Å². The minimum Gasteiger partial charge on any atom is -0.379 e. The zero-order valence-electron chi connectivity index (χ0n) is 12.1. The summed E-state index contributed by atoms with van der Waals surface area (Å²) < 4.78 is 5.30. The Bertz CT molecular complexity index is 602. The van der Waals surface area contributed by atoms with E-state index in [2.05, 4.69) is 21.3 Å². The van der Waals surface area contributed by atoms with Gasteiger partial charge in [0.2, 0.25) is 5.91 Å². The maximum atomic E-state index is 12.0. The number of carbonyl (C=O) groups is 1. The summed E-state index contributed by atoms with van der Waals surface area (Å²) in [6, 6.07) is 8.11. The highest BCUT2D eigenvalue weighted by atomic mass is 16.5. The lowest BCUT2D eigenvalue weighted by atomic mass is 10.1. The molecule has 0 aliphatic carbocycles. The molecule has 0 saturated carbocycles. The molecule has 1 aliphatic heterocycles. The van der Waals surface area contributed by atoms with E-state index in [1.807, 2.05) is 24.4 Å². The molecule has 21 heavy (non-hydrogen) atoms. The van der Waals surface area contributed by atoms with E-state index in [1.54, 1.807) is 0 Å². The molecule has 2 heterocycles. The van der Waals surface area contributed by atoms with Gasteiger partial charge in [0.1, 0.15) is 0 Å². The average molecular weight is 287 g/mol. The number of hydrogen-bond donors (Lipinski definition) is 2. The fourth-order valence-corrected chi connectivity index (χ4v) is 2.64. The van der Waals surface area contributed by atoms with Gasteiger partial charge in [0.05, 0.1) is 19.6 Å². The molecule has 112 valence electrons. The van der Waals surface area contributed by atoms with E-state index in [0.717, 1.165) is 49.3 Å². The van der Waals surface area contributed by atoms with Crippen LogP contribution in [0.1, 0.15) is 5.56 Å².